The van der Waals surface area contributed by atoms with E-state index in [2.05, 4.69) is 23.1 Å². The highest BCUT2D eigenvalue weighted by Gasteiger charge is 2.18. The third-order valence-electron chi connectivity index (χ3n) is 4.30. The minimum atomic E-state index is -0.307. The Morgan fingerprint density at radius 1 is 0.818 bits per heavy atom. The summed E-state index contributed by atoms with van der Waals surface area (Å²) in [5, 5.41) is 17.4. The van der Waals surface area contributed by atoms with Crippen molar-refractivity contribution in [3.63, 3.8) is 0 Å². The number of nitro benzene ring substituents is 1. The topological polar surface area (TPSA) is 46.4 Å². The third-order valence-corrected chi connectivity index (χ3v) is 4.30. The van der Waals surface area contributed by atoms with E-state index in [-0.39, 0.29) is 10.6 Å². The van der Waals surface area contributed by atoms with E-state index in [0.29, 0.717) is 5.39 Å². The predicted octanol–water partition coefficient (Wildman–Crippen LogP) is 4.56. The van der Waals surface area contributed by atoms with E-state index in [4.69, 9.17) is 0 Å². The molecule has 0 unspecified atom stereocenters. The summed E-state index contributed by atoms with van der Waals surface area (Å²) < 4.78 is 0. The molecule has 22 heavy (non-hydrogen) atoms. The van der Waals surface area contributed by atoms with E-state index in [1.54, 1.807) is 6.07 Å². The number of hydrogen-bond acceptors (Lipinski definition) is 3. The Labute approximate surface area is 127 Å². The minimum Gasteiger partial charge on any atom is -0.377 e. The van der Waals surface area contributed by atoms with E-state index in [1.807, 2.05) is 38.4 Å². The number of anilines is 1. The van der Waals surface area contributed by atoms with Gasteiger partial charge < -0.3 is 4.90 Å². The second-order valence-corrected chi connectivity index (χ2v) is 5.74. The van der Waals surface area contributed by atoms with Gasteiger partial charge in [-0.15, -0.1) is 0 Å². The molecule has 0 fully saturated rings. The van der Waals surface area contributed by atoms with Crippen LogP contribution in [0.2, 0.25) is 0 Å². The number of hydrogen-bond donors (Lipinski definition) is 0. The Morgan fingerprint density at radius 2 is 1.36 bits per heavy atom. The van der Waals surface area contributed by atoms with Gasteiger partial charge in [-0.05, 0) is 34.4 Å². The molecule has 0 spiro atoms. The molecule has 0 atom stereocenters. The summed E-state index contributed by atoms with van der Waals surface area (Å²) in [7, 11) is 4.02. The van der Waals surface area contributed by atoms with Crippen LogP contribution < -0.4 is 4.90 Å². The predicted molar refractivity (Wildman–Crippen MR) is 91.1 cm³/mol. The van der Waals surface area contributed by atoms with Gasteiger partial charge in [0.15, 0.2) is 0 Å². The Morgan fingerprint density at radius 3 is 2.00 bits per heavy atom. The molecule has 0 aliphatic rings. The van der Waals surface area contributed by atoms with Crippen LogP contribution in [0.5, 0.6) is 0 Å². The van der Waals surface area contributed by atoms with Crippen molar-refractivity contribution in [1.29, 1.82) is 0 Å². The van der Waals surface area contributed by atoms with Crippen molar-refractivity contribution >= 4 is 43.7 Å². The fourth-order valence-electron chi connectivity index (χ4n) is 3.32. The summed E-state index contributed by atoms with van der Waals surface area (Å²) in [6.45, 7) is 0. The van der Waals surface area contributed by atoms with Gasteiger partial charge in [-0.3, -0.25) is 10.1 Å². The van der Waals surface area contributed by atoms with Crippen LogP contribution in [0.1, 0.15) is 0 Å². The monoisotopic (exact) mass is 290 g/mol. The lowest BCUT2D eigenvalue weighted by molar-refractivity contribution is -0.383. The van der Waals surface area contributed by atoms with Crippen LogP contribution in [0.3, 0.4) is 0 Å². The maximum atomic E-state index is 11.3. The van der Waals surface area contributed by atoms with Gasteiger partial charge in [0.2, 0.25) is 0 Å². The van der Waals surface area contributed by atoms with Gasteiger partial charge in [-0.1, -0.05) is 24.3 Å². The largest absolute Gasteiger partial charge is 0.377 e. The van der Waals surface area contributed by atoms with Crippen LogP contribution in [0.4, 0.5) is 11.4 Å². The van der Waals surface area contributed by atoms with Gasteiger partial charge in [-0.25, -0.2) is 0 Å². The summed E-state index contributed by atoms with van der Waals surface area (Å²) in [6, 6.07) is 15.6. The van der Waals surface area contributed by atoms with Crippen LogP contribution >= 0.6 is 0 Å². The zero-order valence-electron chi connectivity index (χ0n) is 12.3. The van der Waals surface area contributed by atoms with Gasteiger partial charge in [0.05, 0.1) is 10.3 Å². The quantitative estimate of drug-likeness (QED) is 0.309. The van der Waals surface area contributed by atoms with Crippen molar-refractivity contribution in [3.05, 3.63) is 58.6 Å². The standard InChI is InChI=1S/C18H14N2O2/c1-19(2)15-9-5-11-3-4-12-6-10-16(20(21)22)14-8-7-13(15)17(11)18(12)14/h3-10H,1-2H3. The fraction of sp³-hybridized carbons (Fsp3) is 0.111. The van der Waals surface area contributed by atoms with Crippen molar-refractivity contribution in [2.24, 2.45) is 0 Å². The number of benzene rings is 4. The lowest BCUT2D eigenvalue weighted by Crippen LogP contribution is -2.09. The van der Waals surface area contributed by atoms with E-state index >= 15 is 0 Å². The first-order valence-corrected chi connectivity index (χ1v) is 7.10. The average molecular weight is 290 g/mol. The fourth-order valence-corrected chi connectivity index (χ4v) is 3.32. The van der Waals surface area contributed by atoms with Crippen molar-refractivity contribution < 1.29 is 4.92 Å². The first-order chi connectivity index (χ1) is 10.6. The molecule has 4 aromatic rings. The molecule has 4 nitrogen and oxygen atoms in total. The minimum absolute atomic E-state index is 0.164. The summed E-state index contributed by atoms with van der Waals surface area (Å²) in [5.74, 6) is 0. The van der Waals surface area contributed by atoms with Crippen LogP contribution in [-0.4, -0.2) is 19.0 Å². The average Bonchev–Trinajstić information content (AvgIpc) is 2.51. The Hall–Kier alpha value is -2.88. The summed E-state index contributed by atoms with van der Waals surface area (Å²) in [5.41, 5.74) is 1.28. The van der Waals surface area contributed by atoms with Crippen molar-refractivity contribution in [2.75, 3.05) is 19.0 Å². The molecule has 0 aliphatic heterocycles. The first kappa shape index (κ1) is 12.8. The lowest BCUT2D eigenvalue weighted by atomic mass is 9.92. The van der Waals surface area contributed by atoms with Gasteiger partial charge in [0, 0.05) is 36.6 Å². The number of non-ortho nitro benzene ring substituents is 1. The zero-order chi connectivity index (χ0) is 15.4. The van der Waals surface area contributed by atoms with Gasteiger partial charge >= 0.3 is 0 Å². The molecule has 0 N–H and O–H groups in total. The molecular weight excluding hydrogens is 276 g/mol. The van der Waals surface area contributed by atoms with Gasteiger partial charge in [0.25, 0.3) is 5.69 Å². The first-order valence-electron chi connectivity index (χ1n) is 7.10. The molecular formula is C18H14N2O2. The third kappa shape index (κ3) is 1.58. The molecule has 4 aromatic carbocycles. The van der Waals surface area contributed by atoms with E-state index in [9.17, 15) is 10.1 Å². The van der Waals surface area contributed by atoms with E-state index < -0.39 is 0 Å². The molecule has 4 rings (SSSR count). The second kappa shape index (κ2) is 4.31. The molecule has 0 aliphatic carbocycles. The maximum absolute atomic E-state index is 11.3. The summed E-state index contributed by atoms with van der Waals surface area (Å²) in [4.78, 5) is 13.1. The molecule has 0 radical (unpaired) electrons. The van der Waals surface area contributed by atoms with Gasteiger partial charge in [-0.2, -0.15) is 0 Å². The molecule has 0 bridgehead atoms. The molecule has 0 saturated heterocycles. The van der Waals surface area contributed by atoms with Crippen LogP contribution in [-0.2, 0) is 0 Å². The van der Waals surface area contributed by atoms with E-state index in [0.717, 1.165) is 32.6 Å². The van der Waals surface area contributed by atoms with Crippen LogP contribution in [0, 0.1) is 10.1 Å². The van der Waals surface area contributed by atoms with E-state index in [1.165, 1.54) is 0 Å². The Balaban J connectivity index is 2.30. The Bertz CT molecular complexity index is 1040. The molecule has 0 heterocycles. The number of nitrogens with zero attached hydrogens (tertiary/aromatic N) is 2. The summed E-state index contributed by atoms with van der Waals surface area (Å²) >= 11 is 0. The highest BCUT2D eigenvalue weighted by Crippen LogP contribution is 2.41. The molecule has 0 saturated carbocycles. The van der Waals surface area contributed by atoms with Crippen molar-refractivity contribution in [1.82, 2.24) is 0 Å². The van der Waals surface area contributed by atoms with Crippen LogP contribution in [0.15, 0.2) is 48.5 Å². The smallest absolute Gasteiger partial charge is 0.277 e. The summed E-state index contributed by atoms with van der Waals surface area (Å²) in [6.07, 6.45) is 0. The molecule has 0 amide bonds. The Kier molecular flexibility index (Phi) is 2.51. The normalized spacial score (nSPS) is 11.5. The highest BCUT2D eigenvalue weighted by atomic mass is 16.6. The molecule has 108 valence electrons. The van der Waals surface area contributed by atoms with Gasteiger partial charge in [0.1, 0.15) is 0 Å². The zero-order valence-corrected chi connectivity index (χ0v) is 12.3. The highest BCUT2D eigenvalue weighted by molar-refractivity contribution is 6.26. The second-order valence-electron chi connectivity index (χ2n) is 5.74. The molecule has 0 aromatic heterocycles. The van der Waals surface area contributed by atoms with Crippen molar-refractivity contribution in [2.45, 2.75) is 0 Å². The maximum Gasteiger partial charge on any atom is 0.277 e. The SMILES string of the molecule is CN(C)c1ccc2ccc3ccc([N+](=O)[O-])c4ccc1c2c34. The van der Waals surface area contributed by atoms with Crippen molar-refractivity contribution in [3.8, 4) is 0 Å². The number of nitro groups is 1. The lowest BCUT2D eigenvalue weighted by Gasteiger charge is -2.18. The molecule has 4 heteroatoms. The van der Waals surface area contributed by atoms with Crippen LogP contribution in [0.25, 0.3) is 32.3 Å². The number of rotatable bonds is 2.